The van der Waals surface area contributed by atoms with E-state index in [9.17, 15) is 4.79 Å². The molecule has 0 spiro atoms. The van der Waals surface area contributed by atoms with Crippen LogP contribution in [0, 0.1) is 0 Å². The number of aromatic nitrogens is 1. The molecule has 0 unspecified atom stereocenters. The minimum atomic E-state index is -0.393. The summed E-state index contributed by atoms with van der Waals surface area (Å²) in [6.07, 6.45) is 6.54. The van der Waals surface area contributed by atoms with Gasteiger partial charge in [-0.1, -0.05) is 43.6 Å². The number of amides is 1. The lowest BCUT2D eigenvalue weighted by Crippen LogP contribution is -2.44. The Morgan fingerprint density at radius 1 is 1.17 bits per heavy atom. The number of carbonyl (C=O) groups is 1. The summed E-state index contributed by atoms with van der Waals surface area (Å²) < 4.78 is 0. The van der Waals surface area contributed by atoms with Crippen molar-refractivity contribution in [3.8, 4) is 0 Å². The van der Waals surface area contributed by atoms with E-state index in [0.717, 1.165) is 24.1 Å². The zero-order valence-electron chi connectivity index (χ0n) is 13.4. The third-order valence-corrected chi connectivity index (χ3v) is 4.31. The fourth-order valence-corrected chi connectivity index (χ4v) is 2.72. The number of halogens is 1. The van der Waals surface area contributed by atoms with Crippen LogP contribution < -0.4 is 5.32 Å². The van der Waals surface area contributed by atoms with Crippen LogP contribution in [0.15, 0.2) is 54.7 Å². The molecular formula is C19H21ClN2O. The number of nitrogens with one attached hydrogen (secondary N) is 1. The Morgan fingerprint density at radius 3 is 2.43 bits per heavy atom. The first-order chi connectivity index (χ1) is 11.1. The van der Waals surface area contributed by atoms with E-state index in [4.69, 9.17) is 11.6 Å². The molecule has 2 aromatic rings. The zero-order valence-corrected chi connectivity index (χ0v) is 14.2. The van der Waals surface area contributed by atoms with Gasteiger partial charge in [0.1, 0.15) is 0 Å². The topological polar surface area (TPSA) is 42.0 Å². The number of nitrogens with zero attached hydrogens (tertiary/aromatic N) is 1. The maximum atomic E-state index is 12.3. The van der Waals surface area contributed by atoms with Gasteiger partial charge in [-0.3, -0.25) is 9.78 Å². The predicted octanol–water partition coefficient (Wildman–Crippen LogP) is 4.58. The summed E-state index contributed by atoms with van der Waals surface area (Å²) >= 11 is 5.97. The molecule has 0 atom stereocenters. The average Bonchev–Trinajstić information content (AvgIpc) is 2.60. The Morgan fingerprint density at radius 2 is 1.87 bits per heavy atom. The smallest absolute Gasteiger partial charge is 0.244 e. The molecule has 1 amide bonds. The lowest BCUT2D eigenvalue weighted by molar-refractivity contribution is -0.118. The fraction of sp³-hybridized carbons (Fsp3) is 0.263. The number of rotatable bonds is 6. The van der Waals surface area contributed by atoms with Crippen LogP contribution in [0.25, 0.3) is 6.08 Å². The van der Waals surface area contributed by atoms with Crippen molar-refractivity contribution in [3.05, 3.63) is 71.0 Å². The van der Waals surface area contributed by atoms with Gasteiger partial charge in [-0.25, -0.2) is 0 Å². The van der Waals surface area contributed by atoms with Crippen molar-refractivity contribution in [2.75, 3.05) is 0 Å². The maximum absolute atomic E-state index is 12.3. The first kappa shape index (κ1) is 17.2. The average molecular weight is 329 g/mol. The SMILES string of the molecule is CCC(CC)(NC(=O)/C=C/c1ccccn1)c1ccc(Cl)cc1. The first-order valence-corrected chi connectivity index (χ1v) is 8.14. The molecule has 2 rings (SSSR count). The van der Waals surface area contributed by atoms with Gasteiger partial charge in [0.2, 0.25) is 5.91 Å². The van der Waals surface area contributed by atoms with Crippen molar-refractivity contribution in [2.24, 2.45) is 0 Å². The monoisotopic (exact) mass is 328 g/mol. The van der Waals surface area contributed by atoms with Gasteiger partial charge in [0, 0.05) is 17.3 Å². The molecule has 0 fully saturated rings. The highest BCUT2D eigenvalue weighted by Crippen LogP contribution is 2.29. The standard InChI is InChI=1S/C19H21ClN2O/c1-3-19(4-2,15-8-10-16(20)11-9-15)22-18(23)13-12-17-7-5-6-14-21-17/h5-14H,3-4H2,1-2H3,(H,22,23)/b13-12+. The van der Waals surface area contributed by atoms with Crippen LogP contribution in [-0.4, -0.2) is 10.9 Å². The highest BCUT2D eigenvalue weighted by Gasteiger charge is 2.29. The zero-order chi connectivity index (χ0) is 16.7. The molecule has 1 aromatic heterocycles. The molecule has 4 heteroatoms. The third kappa shape index (κ3) is 4.42. The molecule has 0 saturated heterocycles. The molecule has 1 N–H and O–H groups in total. The molecule has 23 heavy (non-hydrogen) atoms. The van der Waals surface area contributed by atoms with Crippen molar-refractivity contribution in [3.63, 3.8) is 0 Å². The summed E-state index contributed by atoms with van der Waals surface area (Å²) in [5, 5.41) is 3.83. The summed E-state index contributed by atoms with van der Waals surface area (Å²) in [6.45, 7) is 4.14. The van der Waals surface area contributed by atoms with Gasteiger partial charge in [-0.15, -0.1) is 0 Å². The van der Waals surface area contributed by atoms with Gasteiger partial charge in [-0.05, 0) is 48.7 Å². The number of pyridine rings is 1. The van der Waals surface area contributed by atoms with E-state index >= 15 is 0 Å². The molecule has 1 aromatic carbocycles. The van der Waals surface area contributed by atoms with Gasteiger partial charge in [0.05, 0.1) is 11.2 Å². The number of carbonyl (C=O) groups excluding carboxylic acids is 1. The predicted molar refractivity (Wildman–Crippen MR) is 95.1 cm³/mol. The van der Waals surface area contributed by atoms with E-state index in [1.165, 1.54) is 6.08 Å². The summed E-state index contributed by atoms with van der Waals surface area (Å²) in [5.74, 6) is -0.130. The Bertz CT molecular complexity index is 662. The molecule has 0 aliphatic heterocycles. The molecule has 0 aliphatic rings. The van der Waals surface area contributed by atoms with E-state index in [-0.39, 0.29) is 5.91 Å². The van der Waals surface area contributed by atoms with E-state index < -0.39 is 5.54 Å². The van der Waals surface area contributed by atoms with E-state index in [2.05, 4.69) is 24.1 Å². The van der Waals surface area contributed by atoms with Gasteiger partial charge >= 0.3 is 0 Å². The quantitative estimate of drug-likeness (QED) is 0.789. The molecule has 1 heterocycles. The second-order valence-electron chi connectivity index (χ2n) is 5.37. The Kier molecular flexibility index (Phi) is 5.94. The van der Waals surface area contributed by atoms with Crippen LogP contribution in [0.5, 0.6) is 0 Å². The van der Waals surface area contributed by atoms with Crippen molar-refractivity contribution in [1.82, 2.24) is 10.3 Å². The third-order valence-electron chi connectivity index (χ3n) is 4.06. The minimum Gasteiger partial charge on any atom is -0.343 e. The second kappa shape index (κ2) is 7.93. The Hall–Kier alpha value is -2.13. The summed E-state index contributed by atoms with van der Waals surface area (Å²) in [5.41, 5.74) is 1.43. The minimum absolute atomic E-state index is 0.130. The van der Waals surface area contributed by atoms with E-state index in [1.807, 2.05) is 42.5 Å². The number of hydrogen-bond acceptors (Lipinski definition) is 2. The number of hydrogen-bond donors (Lipinski definition) is 1. The van der Waals surface area contributed by atoms with Crippen LogP contribution in [0.1, 0.15) is 37.9 Å². The van der Waals surface area contributed by atoms with E-state index in [1.54, 1.807) is 12.3 Å². The van der Waals surface area contributed by atoms with Crippen LogP contribution in [0.3, 0.4) is 0 Å². The van der Waals surface area contributed by atoms with Crippen LogP contribution in [0.2, 0.25) is 5.02 Å². The molecular weight excluding hydrogens is 308 g/mol. The Labute approximate surface area is 142 Å². The van der Waals surface area contributed by atoms with Crippen molar-refractivity contribution in [1.29, 1.82) is 0 Å². The summed E-state index contributed by atoms with van der Waals surface area (Å²) in [6, 6.07) is 13.2. The summed E-state index contributed by atoms with van der Waals surface area (Å²) in [7, 11) is 0. The van der Waals surface area contributed by atoms with Crippen LogP contribution in [0.4, 0.5) is 0 Å². The molecule has 0 radical (unpaired) electrons. The molecule has 0 saturated carbocycles. The summed E-state index contributed by atoms with van der Waals surface area (Å²) in [4.78, 5) is 16.5. The first-order valence-electron chi connectivity index (χ1n) is 7.77. The fourth-order valence-electron chi connectivity index (χ4n) is 2.59. The van der Waals surface area contributed by atoms with Crippen LogP contribution >= 0.6 is 11.6 Å². The molecule has 0 aliphatic carbocycles. The van der Waals surface area contributed by atoms with Crippen molar-refractivity contribution < 1.29 is 4.79 Å². The Balaban J connectivity index is 2.17. The normalized spacial score (nSPS) is 11.6. The largest absolute Gasteiger partial charge is 0.343 e. The van der Waals surface area contributed by atoms with Crippen molar-refractivity contribution >= 4 is 23.6 Å². The highest BCUT2D eigenvalue weighted by atomic mass is 35.5. The lowest BCUT2D eigenvalue weighted by Gasteiger charge is -2.33. The van der Waals surface area contributed by atoms with Gasteiger partial charge in [-0.2, -0.15) is 0 Å². The van der Waals surface area contributed by atoms with Crippen LogP contribution in [-0.2, 0) is 10.3 Å². The maximum Gasteiger partial charge on any atom is 0.244 e. The number of benzene rings is 1. The van der Waals surface area contributed by atoms with Gasteiger partial charge in [0.15, 0.2) is 0 Å². The molecule has 3 nitrogen and oxygen atoms in total. The molecule has 0 bridgehead atoms. The van der Waals surface area contributed by atoms with Gasteiger partial charge in [0.25, 0.3) is 0 Å². The van der Waals surface area contributed by atoms with Gasteiger partial charge < -0.3 is 5.32 Å². The second-order valence-corrected chi connectivity index (χ2v) is 5.81. The lowest BCUT2D eigenvalue weighted by atomic mass is 9.84. The van der Waals surface area contributed by atoms with Crippen molar-refractivity contribution in [2.45, 2.75) is 32.2 Å². The van der Waals surface area contributed by atoms with E-state index in [0.29, 0.717) is 5.02 Å². The highest BCUT2D eigenvalue weighted by molar-refractivity contribution is 6.30. The molecule has 120 valence electrons.